The first-order valence-corrected chi connectivity index (χ1v) is 9.98. The van der Waals surface area contributed by atoms with Crippen molar-refractivity contribution in [2.24, 2.45) is 5.92 Å². The maximum Gasteiger partial charge on any atom is 0.255 e. The van der Waals surface area contributed by atoms with Crippen LogP contribution in [0.15, 0.2) is 36.5 Å². The third-order valence-electron chi connectivity index (χ3n) is 4.30. The van der Waals surface area contributed by atoms with Gasteiger partial charge in [-0.25, -0.2) is 4.98 Å². The van der Waals surface area contributed by atoms with Crippen molar-refractivity contribution in [2.75, 3.05) is 28.6 Å². The second-order valence-corrected chi connectivity index (χ2v) is 7.59. The Balaban J connectivity index is 1.81. The van der Waals surface area contributed by atoms with Gasteiger partial charge in [0.15, 0.2) is 5.82 Å². The summed E-state index contributed by atoms with van der Waals surface area (Å²) in [7, 11) is 0. The molecule has 1 amide bonds. The minimum absolute atomic E-state index is 0.233. The molecule has 1 N–H and O–H groups in total. The molecule has 4 nitrogen and oxygen atoms in total. The second kappa shape index (κ2) is 8.39. The van der Waals surface area contributed by atoms with E-state index in [0.717, 1.165) is 37.1 Å². The van der Waals surface area contributed by atoms with Gasteiger partial charge >= 0.3 is 0 Å². The van der Waals surface area contributed by atoms with Crippen molar-refractivity contribution < 1.29 is 4.79 Å². The van der Waals surface area contributed by atoms with Crippen LogP contribution in [-0.4, -0.2) is 29.3 Å². The van der Waals surface area contributed by atoms with Crippen LogP contribution in [0.5, 0.6) is 0 Å². The molecular weight excluding hydrogens is 425 g/mol. The van der Waals surface area contributed by atoms with Crippen LogP contribution in [0, 0.1) is 5.92 Å². The molecule has 1 aromatic heterocycles. The summed E-state index contributed by atoms with van der Waals surface area (Å²) < 4.78 is 0. The average molecular weight is 443 g/mol. The van der Waals surface area contributed by atoms with E-state index in [1.165, 1.54) is 0 Å². The zero-order chi connectivity index (χ0) is 17.8. The molecule has 7 heteroatoms. The lowest BCUT2D eigenvalue weighted by Gasteiger charge is -2.33. The maximum absolute atomic E-state index is 12.5. The number of carbonyl (C=O) groups excluding carboxylic acids is 1. The van der Waals surface area contributed by atoms with Crippen molar-refractivity contribution in [1.29, 1.82) is 0 Å². The molecule has 1 aliphatic heterocycles. The summed E-state index contributed by atoms with van der Waals surface area (Å²) in [6.45, 7) is 1.82. The Labute approximate surface area is 165 Å². The standard InChI is InChI=1S/C18H18BrCl2N3O/c19-10-12-4-6-24(7-5-12)17-16(9-15(21)11-22-17)23-18(25)13-2-1-3-14(20)8-13/h1-3,8-9,11-12H,4-7,10H2,(H,23,25). The summed E-state index contributed by atoms with van der Waals surface area (Å²) in [5.41, 5.74) is 1.12. The average Bonchev–Trinajstić information content (AvgIpc) is 2.62. The largest absolute Gasteiger partial charge is 0.355 e. The molecule has 1 aromatic carbocycles. The Hall–Kier alpha value is -1.30. The lowest BCUT2D eigenvalue weighted by molar-refractivity contribution is 0.102. The number of piperidine rings is 1. The van der Waals surface area contributed by atoms with E-state index in [2.05, 4.69) is 31.1 Å². The van der Waals surface area contributed by atoms with Gasteiger partial charge in [0.1, 0.15) is 0 Å². The van der Waals surface area contributed by atoms with Gasteiger partial charge in [0.2, 0.25) is 0 Å². The Morgan fingerprint density at radius 2 is 2.00 bits per heavy atom. The molecule has 132 valence electrons. The number of nitrogens with zero attached hydrogens (tertiary/aromatic N) is 2. The molecule has 2 heterocycles. The fraction of sp³-hybridized carbons (Fsp3) is 0.333. The van der Waals surface area contributed by atoms with Crippen molar-refractivity contribution in [2.45, 2.75) is 12.8 Å². The first-order chi connectivity index (χ1) is 12.1. The number of anilines is 2. The van der Waals surface area contributed by atoms with Crippen molar-refractivity contribution in [3.05, 3.63) is 52.1 Å². The third-order valence-corrected chi connectivity index (χ3v) is 5.66. The fourth-order valence-corrected chi connectivity index (χ4v) is 3.89. The molecule has 0 spiro atoms. The van der Waals surface area contributed by atoms with Gasteiger partial charge in [-0.15, -0.1) is 0 Å². The molecule has 1 aliphatic rings. The lowest BCUT2D eigenvalue weighted by atomic mass is 9.99. The van der Waals surface area contributed by atoms with Crippen molar-refractivity contribution in [3.8, 4) is 0 Å². The number of halogens is 3. The van der Waals surface area contributed by atoms with Crippen LogP contribution in [0.1, 0.15) is 23.2 Å². The monoisotopic (exact) mass is 441 g/mol. The van der Waals surface area contributed by atoms with Crippen molar-refractivity contribution >= 4 is 56.5 Å². The minimum Gasteiger partial charge on any atom is -0.355 e. The maximum atomic E-state index is 12.5. The number of nitrogens with one attached hydrogen (secondary N) is 1. The molecule has 0 aliphatic carbocycles. The van der Waals surface area contributed by atoms with Crippen molar-refractivity contribution in [1.82, 2.24) is 4.98 Å². The van der Waals surface area contributed by atoms with Gasteiger partial charge in [-0.2, -0.15) is 0 Å². The molecular formula is C18H18BrCl2N3O. The highest BCUT2D eigenvalue weighted by Gasteiger charge is 2.22. The van der Waals surface area contributed by atoms with Gasteiger partial charge in [-0.05, 0) is 43.0 Å². The molecule has 0 unspecified atom stereocenters. The molecule has 3 rings (SSSR count). The summed E-state index contributed by atoms with van der Waals surface area (Å²) in [5, 5.41) is 4.95. The van der Waals surface area contributed by atoms with E-state index < -0.39 is 0 Å². The molecule has 2 aromatic rings. The molecule has 25 heavy (non-hydrogen) atoms. The smallest absolute Gasteiger partial charge is 0.255 e. The van der Waals surface area contributed by atoms with Crippen LogP contribution in [0.2, 0.25) is 10.0 Å². The summed E-state index contributed by atoms with van der Waals surface area (Å²) in [5.74, 6) is 1.21. The van der Waals surface area contributed by atoms with E-state index in [4.69, 9.17) is 23.2 Å². The molecule has 0 atom stereocenters. The van der Waals surface area contributed by atoms with E-state index in [0.29, 0.717) is 27.2 Å². The van der Waals surface area contributed by atoms with E-state index in [1.54, 1.807) is 36.5 Å². The van der Waals surface area contributed by atoms with Crippen LogP contribution in [-0.2, 0) is 0 Å². The predicted molar refractivity (Wildman–Crippen MR) is 107 cm³/mol. The molecule has 1 fully saturated rings. The van der Waals surface area contributed by atoms with E-state index >= 15 is 0 Å². The SMILES string of the molecule is O=C(Nc1cc(Cl)cnc1N1CCC(CBr)CC1)c1cccc(Cl)c1. The first-order valence-electron chi connectivity index (χ1n) is 8.10. The zero-order valence-electron chi connectivity index (χ0n) is 13.5. The number of hydrogen-bond acceptors (Lipinski definition) is 3. The van der Waals surface area contributed by atoms with Gasteiger partial charge in [-0.1, -0.05) is 45.2 Å². The minimum atomic E-state index is -0.233. The number of alkyl halides is 1. The second-order valence-electron chi connectivity index (χ2n) is 6.07. The Bertz CT molecular complexity index is 764. The summed E-state index contributed by atoms with van der Waals surface area (Å²) >= 11 is 15.6. The number of pyridine rings is 1. The van der Waals surface area contributed by atoms with Crippen LogP contribution >= 0.6 is 39.1 Å². The third kappa shape index (κ3) is 4.66. The van der Waals surface area contributed by atoms with Crippen molar-refractivity contribution in [3.63, 3.8) is 0 Å². The number of aromatic nitrogens is 1. The lowest BCUT2D eigenvalue weighted by Crippen LogP contribution is -2.35. The highest BCUT2D eigenvalue weighted by atomic mass is 79.9. The number of carbonyl (C=O) groups is 1. The molecule has 0 radical (unpaired) electrons. The van der Waals surface area contributed by atoms with Crippen LogP contribution in [0.4, 0.5) is 11.5 Å². The Kier molecular flexibility index (Phi) is 6.20. The van der Waals surface area contributed by atoms with Gasteiger partial charge < -0.3 is 10.2 Å². The van der Waals surface area contributed by atoms with Gasteiger partial charge in [0.25, 0.3) is 5.91 Å². The van der Waals surface area contributed by atoms with Gasteiger partial charge in [0, 0.05) is 35.2 Å². The number of benzene rings is 1. The number of amides is 1. The predicted octanol–water partition coefficient (Wildman–Crippen LogP) is 5.25. The summed E-state index contributed by atoms with van der Waals surface area (Å²) in [6, 6.07) is 8.58. The topological polar surface area (TPSA) is 45.2 Å². The highest BCUT2D eigenvalue weighted by Crippen LogP contribution is 2.31. The zero-order valence-corrected chi connectivity index (χ0v) is 16.6. The van der Waals surface area contributed by atoms with Gasteiger partial charge in [-0.3, -0.25) is 4.79 Å². The van der Waals surface area contributed by atoms with Crippen LogP contribution < -0.4 is 10.2 Å². The van der Waals surface area contributed by atoms with E-state index in [-0.39, 0.29) is 5.91 Å². The van der Waals surface area contributed by atoms with Crippen LogP contribution in [0.25, 0.3) is 0 Å². The normalized spacial score (nSPS) is 15.2. The van der Waals surface area contributed by atoms with E-state index in [1.807, 2.05) is 0 Å². The molecule has 1 saturated heterocycles. The quantitative estimate of drug-likeness (QED) is 0.657. The number of hydrogen-bond donors (Lipinski definition) is 1. The summed E-state index contributed by atoms with van der Waals surface area (Å²) in [6.07, 6.45) is 3.80. The van der Waals surface area contributed by atoms with Gasteiger partial charge in [0.05, 0.1) is 10.7 Å². The first kappa shape index (κ1) is 18.5. The molecule has 0 saturated carbocycles. The molecule has 0 bridgehead atoms. The Morgan fingerprint density at radius 3 is 2.68 bits per heavy atom. The Morgan fingerprint density at radius 1 is 1.24 bits per heavy atom. The fourth-order valence-electron chi connectivity index (χ4n) is 2.90. The number of rotatable bonds is 4. The van der Waals surface area contributed by atoms with E-state index in [9.17, 15) is 4.79 Å². The summed E-state index contributed by atoms with van der Waals surface area (Å²) in [4.78, 5) is 19.2. The highest BCUT2D eigenvalue weighted by molar-refractivity contribution is 9.09. The van der Waals surface area contributed by atoms with Crippen LogP contribution in [0.3, 0.4) is 0 Å².